The Hall–Kier alpha value is -3.06. The quantitative estimate of drug-likeness (QED) is 0.375. The number of halogens is 3. The lowest BCUT2D eigenvalue weighted by molar-refractivity contribution is 0.0698. The highest BCUT2D eigenvalue weighted by Crippen LogP contribution is 2.33. The van der Waals surface area contributed by atoms with Crippen molar-refractivity contribution in [2.45, 2.75) is 0 Å². The molecule has 0 unspecified atom stereocenters. The van der Waals surface area contributed by atoms with Crippen molar-refractivity contribution < 1.29 is 9.90 Å². The van der Waals surface area contributed by atoms with E-state index in [0.717, 1.165) is 5.56 Å². The minimum atomic E-state index is -1.04. The lowest BCUT2D eigenvalue weighted by Crippen LogP contribution is -2.07. The molecule has 2 aromatic carbocycles. The van der Waals surface area contributed by atoms with Crippen LogP contribution >= 0.6 is 35.6 Å². The molecule has 6 nitrogen and oxygen atoms in total. The number of hydrogen-bond acceptors (Lipinski definition) is 4. The molecule has 0 amide bonds. The van der Waals surface area contributed by atoms with Gasteiger partial charge in [-0.3, -0.25) is 4.98 Å². The Morgan fingerprint density at radius 3 is 2.27 bits per heavy atom. The molecule has 4 rings (SSSR count). The lowest BCUT2D eigenvalue weighted by Gasteiger charge is -2.13. The third-order valence-electron chi connectivity index (χ3n) is 4.24. The zero-order chi connectivity index (χ0) is 20.4. The molecule has 0 bridgehead atoms. The first kappa shape index (κ1) is 21.6. The van der Waals surface area contributed by atoms with Crippen LogP contribution in [0.5, 0.6) is 0 Å². The van der Waals surface area contributed by atoms with Gasteiger partial charge >= 0.3 is 5.97 Å². The van der Waals surface area contributed by atoms with Crippen LogP contribution in [0.15, 0.2) is 73.1 Å². The van der Waals surface area contributed by atoms with Crippen LogP contribution in [0.4, 0.5) is 11.5 Å². The maximum atomic E-state index is 11.6. The molecule has 0 spiro atoms. The standard InChI is InChI=1S/C21H14Cl2N4O2.ClH/c22-15-11-24-12-16(23)20(15)27-19(10-18(26-27)13-6-2-1-3-7-13)25-17-9-5-4-8-14(17)21(28)29;/h1-12,25H,(H,28,29);1H. The number of carbonyl (C=O) groups is 1. The molecule has 4 aromatic rings. The number of nitrogens with zero attached hydrogens (tertiary/aromatic N) is 3. The van der Waals surface area contributed by atoms with Crippen molar-refractivity contribution in [3.05, 3.63) is 88.7 Å². The summed E-state index contributed by atoms with van der Waals surface area (Å²) in [5.74, 6) is -0.532. The van der Waals surface area contributed by atoms with Gasteiger partial charge in [0.2, 0.25) is 0 Å². The fourth-order valence-corrected chi connectivity index (χ4v) is 3.44. The molecule has 0 radical (unpaired) electrons. The van der Waals surface area contributed by atoms with Gasteiger partial charge in [0.05, 0.1) is 27.0 Å². The van der Waals surface area contributed by atoms with Crippen molar-refractivity contribution in [3.63, 3.8) is 0 Å². The Bertz CT molecular complexity index is 1180. The van der Waals surface area contributed by atoms with E-state index in [4.69, 9.17) is 23.2 Å². The highest BCUT2D eigenvalue weighted by atomic mass is 35.5. The van der Waals surface area contributed by atoms with E-state index in [0.29, 0.717) is 32.9 Å². The predicted molar refractivity (Wildman–Crippen MR) is 121 cm³/mol. The second-order valence-corrected chi connectivity index (χ2v) is 6.93. The summed E-state index contributed by atoms with van der Waals surface area (Å²) in [5, 5.41) is 17.9. The van der Waals surface area contributed by atoms with E-state index in [-0.39, 0.29) is 18.0 Å². The molecule has 0 atom stereocenters. The normalized spacial score (nSPS) is 10.3. The third-order valence-corrected chi connectivity index (χ3v) is 4.79. The Morgan fingerprint density at radius 2 is 1.60 bits per heavy atom. The fourth-order valence-electron chi connectivity index (χ4n) is 2.91. The van der Waals surface area contributed by atoms with Gasteiger partial charge in [0, 0.05) is 24.0 Å². The molecule has 0 fully saturated rings. The first-order valence-corrected chi connectivity index (χ1v) is 9.34. The average molecular weight is 462 g/mol. The van der Waals surface area contributed by atoms with E-state index in [1.54, 1.807) is 28.9 Å². The number of aromatic carboxylic acids is 1. The van der Waals surface area contributed by atoms with Gasteiger partial charge in [0.25, 0.3) is 0 Å². The zero-order valence-corrected chi connectivity index (χ0v) is 17.6. The van der Waals surface area contributed by atoms with Crippen LogP contribution in [0, 0.1) is 0 Å². The van der Waals surface area contributed by atoms with Crippen molar-refractivity contribution in [1.82, 2.24) is 14.8 Å². The number of pyridine rings is 1. The van der Waals surface area contributed by atoms with E-state index in [1.165, 1.54) is 18.5 Å². The molecule has 152 valence electrons. The summed E-state index contributed by atoms with van der Waals surface area (Å²) in [6.07, 6.45) is 2.95. The molecule has 9 heteroatoms. The second-order valence-electron chi connectivity index (χ2n) is 6.12. The molecule has 0 aliphatic heterocycles. The summed E-state index contributed by atoms with van der Waals surface area (Å²) in [5.41, 5.74) is 2.56. The number of anilines is 2. The monoisotopic (exact) mass is 460 g/mol. The number of nitrogens with one attached hydrogen (secondary N) is 1. The summed E-state index contributed by atoms with van der Waals surface area (Å²) < 4.78 is 1.55. The molecular weight excluding hydrogens is 447 g/mol. The molecule has 30 heavy (non-hydrogen) atoms. The number of rotatable bonds is 5. The first-order valence-electron chi connectivity index (χ1n) is 8.59. The molecule has 0 aliphatic rings. The van der Waals surface area contributed by atoms with Gasteiger partial charge in [-0.15, -0.1) is 12.4 Å². The second kappa shape index (κ2) is 9.17. The Morgan fingerprint density at radius 1 is 0.967 bits per heavy atom. The summed E-state index contributed by atoms with van der Waals surface area (Å²) in [4.78, 5) is 15.6. The van der Waals surface area contributed by atoms with Crippen molar-refractivity contribution in [2.75, 3.05) is 5.32 Å². The summed E-state index contributed by atoms with van der Waals surface area (Å²) in [7, 11) is 0. The van der Waals surface area contributed by atoms with Crippen LogP contribution in [0.3, 0.4) is 0 Å². The van der Waals surface area contributed by atoms with Crippen molar-refractivity contribution in [2.24, 2.45) is 0 Å². The van der Waals surface area contributed by atoms with Gasteiger partial charge in [-0.1, -0.05) is 65.7 Å². The fraction of sp³-hybridized carbons (Fsp3) is 0. The van der Waals surface area contributed by atoms with Crippen molar-refractivity contribution >= 4 is 53.1 Å². The summed E-state index contributed by atoms with van der Waals surface area (Å²) in [6.45, 7) is 0. The zero-order valence-electron chi connectivity index (χ0n) is 15.3. The Labute approximate surface area is 188 Å². The molecule has 2 N–H and O–H groups in total. The molecule has 0 saturated carbocycles. The van der Waals surface area contributed by atoms with Gasteiger partial charge in [0.1, 0.15) is 11.5 Å². The van der Waals surface area contributed by atoms with Gasteiger partial charge in [-0.25, -0.2) is 9.48 Å². The predicted octanol–water partition coefficient (Wildman–Crippen LogP) is 6.10. The average Bonchev–Trinajstić information content (AvgIpc) is 3.12. The molecule has 0 saturated heterocycles. The maximum absolute atomic E-state index is 11.6. The summed E-state index contributed by atoms with van der Waals surface area (Å²) >= 11 is 12.7. The SMILES string of the molecule is Cl.O=C(O)c1ccccc1Nc1cc(-c2ccccc2)nn1-c1c(Cl)cncc1Cl. The van der Waals surface area contributed by atoms with Gasteiger partial charge in [0.15, 0.2) is 0 Å². The van der Waals surface area contributed by atoms with E-state index in [1.807, 2.05) is 30.3 Å². The molecule has 2 aromatic heterocycles. The van der Waals surface area contributed by atoms with E-state index >= 15 is 0 Å². The number of carboxylic acids is 1. The largest absolute Gasteiger partial charge is 0.478 e. The van der Waals surface area contributed by atoms with Crippen LogP contribution in [-0.4, -0.2) is 25.8 Å². The number of carboxylic acid groups (broad SMARTS) is 1. The van der Waals surface area contributed by atoms with E-state index in [9.17, 15) is 9.90 Å². The maximum Gasteiger partial charge on any atom is 0.337 e. The first-order chi connectivity index (χ1) is 14.0. The number of aromatic nitrogens is 3. The van der Waals surface area contributed by atoms with Crippen LogP contribution in [0.25, 0.3) is 16.9 Å². The lowest BCUT2D eigenvalue weighted by atomic mass is 10.1. The van der Waals surface area contributed by atoms with Crippen LogP contribution in [0.2, 0.25) is 10.0 Å². The van der Waals surface area contributed by atoms with Crippen LogP contribution in [-0.2, 0) is 0 Å². The molecule has 2 heterocycles. The highest BCUT2D eigenvalue weighted by Gasteiger charge is 2.18. The van der Waals surface area contributed by atoms with Crippen molar-refractivity contribution in [3.8, 4) is 16.9 Å². The van der Waals surface area contributed by atoms with Crippen LogP contribution < -0.4 is 5.32 Å². The Balaban J connectivity index is 0.00000256. The molecule has 0 aliphatic carbocycles. The highest BCUT2D eigenvalue weighted by molar-refractivity contribution is 6.37. The minimum Gasteiger partial charge on any atom is -0.478 e. The van der Waals surface area contributed by atoms with Gasteiger partial charge in [-0.2, -0.15) is 5.10 Å². The summed E-state index contributed by atoms with van der Waals surface area (Å²) in [6, 6.07) is 18.0. The smallest absolute Gasteiger partial charge is 0.337 e. The molecular formula is C21H15Cl3N4O2. The topological polar surface area (TPSA) is 80.0 Å². The van der Waals surface area contributed by atoms with Gasteiger partial charge in [-0.05, 0) is 12.1 Å². The minimum absolute atomic E-state index is 0. The van der Waals surface area contributed by atoms with Gasteiger partial charge < -0.3 is 10.4 Å². The van der Waals surface area contributed by atoms with Crippen LogP contribution in [0.1, 0.15) is 10.4 Å². The number of hydrogen-bond donors (Lipinski definition) is 2. The van der Waals surface area contributed by atoms with E-state index < -0.39 is 5.97 Å². The van der Waals surface area contributed by atoms with Crippen molar-refractivity contribution in [1.29, 1.82) is 0 Å². The number of benzene rings is 2. The third kappa shape index (κ3) is 4.26. The Kier molecular flexibility index (Phi) is 6.62. The number of para-hydroxylation sites is 1. The van der Waals surface area contributed by atoms with E-state index in [2.05, 4.69) is 15.4 Å².